The molecule has 1 heterocycles. The molecule has 1 aromatic rings. The second kappa shape index (κ2) is 8.04. The number of hydrogen-bond donors (Lipinski definition) is 1. The largest absolute Gasteiger partial charge is 0.497 e. The minimum atomic E-state index is -0.329. The Balaban J connectivity index is 2.14. The van der Waals surface area contributed by atoms with Crippen LogP contribution in [0.4, 0.5) is 5.69 Å². The highest BCUT2D eigenvalue weighted by molar-refractivity contribution is 6.01. The van der Waals surface area contributed by atoms with E-state index in [1.54, 1.807) is 37.3 Å². The first-order chi connectivity index (χ1) is 11.5. The Kier molecular flexibility index (Phi) is 6.06. The van der Waals surface area contributed by atoms with Gasteiger partial charge in [0, 0.05) is 25.1 Å². The van der Waals surface area contributed by atoms with Crippen molar-refractivity contribution in [3.8, 4) is 11.5 Å². The molecule has 6 nitrogen and oxygen atoms in total. The molecule has 0 unspecified atom stereocenters. The Morgan fingerprint density at radius 1 is 1.29 bits per heavy atom. The fourth-order valence-electron chi connectivity index (χ4n) is 2.94. The number of nitrogens with zero attached hydrogens (tertiary/aromatic N) is 1. The molecule has 2 rings (SSSR count). The quantitative estimate of drug-likeness (QED) is 0.831. The van der Waals surface area contributed by atoms with Crippen molar-refractivity contribution in [3.05, 3.63) is 18.2 Å². The SMILES string of the molecule is CCC(CC)NC(=O)[C@H]1CC(=O)N(c2ccc(OC)cc2OC)C1. The second-order valence-corrected chi connectivity index (χ2v) is 5.97. The van der Waals surface area contributed by atoms with Gasteiger partial charge >= 0.3 is 0 Å². The molecule has 1 atom stereocenters. The summed E-state index contributed by atoms with van der Waals surface area (Å²) in [4.78, 5) is 26.4. The number of rotatable bonds is 7. The molecule has 132 valence electrons. The van der Waals surface area contributed by atoms with Crippen molar-refractivity contribution < 1.29 is 19.1 Å². The van der Waals surface area contributed by atoms with Gasteiger partial charge in [-0.15, -0.1) is 0 Å². The number of carbonyl (C=O) groups is 2. The predicted octanol–water partition coefficient (Wildman–Crippen LogP) is 2.36. The van der Waals surface area contributed by atoms with Crippen LogP contribution >= 0.6 is 0 Å². The lowest BCUT2D eigenvalue weighted by molar-refractivity contribution is -0.127. The molecular weight excluding hydrogens is 308 g/mol. The smallest absolute Gasteiger partial charge is 0.227 e. The van der Waals surface area contributed by atoms with Crippen LogP contribution in [-0.2, 0) is 9.59 Å². The highest BCUT2D eigenvalue weighted by Crippen LogP contribution is 2.35. The molecule has 0 saturated carbocycles. The molecule has 24 heavy (non-hydrogen) atoms. The van der Waals surface area contributed by atoms with E-state index >= 15 is 0 Å². The zero-order chi connectivity index (χ0) is 17.7. The summed E-state index contributed by atoms with van der Waals surface area (Å²) >= 11 is 0. The molecule has 0 radical (unpaired) electrons. The fraction of sp³-hybridized carbons (Fsp3) is 0.556. The molecule has 1 aliphatic rings. The van der Waals surface area contributed by atoms with Crippen LogP contribution in [-0.4, -0.2) is 38.6 Å². The molecule has 1 saturated heterocycles. The van der Waals surface area contributed by atoms with E-state index in [0.717, 1.165) is 12.8 Å². The van der Waals surface area contributed by atoms with Crippen LogP contribution in [0.15, 0.2) is 18.2 Å². The summed E-state index contributed by atoms with van der Waals surface area (Å²) in [5.74, 6) is 0.772. The van der Waals surface area contributed by atoms with Gasteiger partial charge in [0.1, 0.15) is 11.5 Å². The maximum absolute atomic E-state index is 12.4. The van der Waals surface area contributed by atoms with Gasteiger partial charge in [-0.2, -0.15) is 0 Å². The number of hydrogen-bond acceptors (Lipinski definition) is 4. The van der Waals surface area contributed by atoms with Crippen LogP contribution in [0.5, 0.6) is 11.5 Å². The summed E-state index contributed by atoms with van der Waals surface area (Å²) in [6.45, 7) is 4.46. The minimum Gasteiger partial charge on any atom is -0.497 e. The highest BCUT2D eigenvalue weighted by atomic mass is 16.5. The summed E-state index contributed by atoms with van der Waals surface area (Å²) in [5.41, 5.74) is 0.668. The van der Waals surface area contributed by atoms with Gasteiger partial charge in [0.05, 0.1) is 25.8 Å². The number of nitrogens with one attached hydrogen (secondary N) is 1. The van der Waals surface area contributed by atoms with Crippen molar-refractivity contribution in [3.63, 3.8) is 0 Å². The molecule has 1 aliphatic heterocycles. The van der Waals surface area contributed by atoms with E-state index in [9.17, 15) is 9.59 Å². The summed E-state index contributed by atoms with van der Waals surface area (Å²) in [7, 11) is 3.13. The van der Waals surface area contributed by atoms with Crippen molar-refractivity contribution in [2.45, 2.75) is 39.2 Å². The summed E-state index contributed by atoms with van der Waals surface area (Å²) in [6, 6.07) is 5.47. The Morgan fingerprint density at radius 3 is 2.58 bits per heavy atom. The van der Waals surface area contributed by atoms with Crippen LogP contribution in [0.2, 0.25) is 0 Å². The Labute approximate surface area is 143 Å². The standard InChI is InChI=1S/C18H26N2O4/c1-5-13(6-2)19-18(22)12-9-17(21)20(11-12)15-8-7-14(23-3)10-16(15)24-4/h7-8,10,12-13H,5-6,9,11H2,1-4H3,(H,19,22)/t12-/m0/s1. The average Bonchev–Trinajstić information content (AvgIpc) is 3.00. The van der Waals surface area contributed by atoms with Crippen molar-refractivity contribution in [1.29, 1.82) is 0 Å². The zero-order valence-electron chi connectivity index (χ0n) is 14.8. The number of methoxy groups -OCH3 is 2. The normalized spacial score (nSPS) is 17.3. The molecule has 2 amide bonds. The Bertz CT molecular complexity index is 599. The number of carbonyl (C=O) groups excluding carboxylic acids is 2. The summed E-state index contributed by atoms with van der Waals surface area (Å²) in [5, 5.41) is 3.03. The van der Waals surface area contributed by atoms with Gasteiger partial charge in [0.25, 0.3) is 0 Å². The van der Waals surface area contributed by atoms with Crippen LogP contribution < -0.4 is 19.7 Å². The van der Waals surface area contributed by atoms with Gasteiger partial charge in [-0.1, -0.05) is 13.8 Å². The van der Waals surface area contributed by atoms with Gasteiger partial charge in [0.2, 0.25) is 11.8 Å². The first-order valence-corrected chi connectivity index (χ1v) is 8.36. The van der Waals surface area contributed by atoms with E-state index in [2.05, 4.69) is 5.32 Å². The van der Waals surface area contributed by atoms with Gasteiger partial charge in [0.15, 0.2) is 0 Å². The molecular formula is C18H26N2O4. The lowest BCUT2D eigenvalue weighted by Gasteiger charge is -2.21. The monoisotopic (exact) mass is 334 g/mol. The van der Waals surface area contributed by atoms with Crippen molar-refractivity contribution in [2.24, 2.45) is 5.92 Å². The lowest BCUT2D eigenvalue weighted by atomic mass is 10.1. The molecule has 0 aliphatic carbocycles. The first kappa shape index (κ1) is 18.1. The maximum atomic E-state index is 12.4. The molecule has 1 N–H and O–H groups in total. The van der Waals surface area contributed by atoms with Gasteiger partial charge in [-0.3, -0.25) is 9.59 Å². The van der Waals surface area contributed by atoms with Gasteiger partial charge in [-0.05, 0) is 25.0 Å². The van der Waals surface area contributed by atoms with E-state index in [4.69, 9.17) is 9.47 Å². The third kappa shape index (κ3) is 3.80. The molecule has 1 aromatic carbocycles. The first-order valence-electron chi connectivity index (χ1n) is 8.36. The Morgan fingerprint density at radius 2 is 2.00 bits per heavy atom. The molecule has 0 aromatic heterocycles. The van der Waals surface area contributed by atoms with Crippen LogP contribution in [0.25, 0.3) is 0 Å². The fourth-order valence-corrected chi connectivity index (χ4v) is 2.94. The lowest BCUT2D eigenvalue weighted by Crippen LogP contribution is -2.39. The van der Waals surface area contributed by atoms with E-state index in [1.807, 2.05) is 13.8 Å². The minimum absolute atomic E-state index is 0.0490. The van der Waals surface area contributed by atoms with Crippen LogP contribution in [0, 0.1) is 5.92 Å². The van der Waals surface area contributed by atoms with E-state index < -0.39 is 0 Å². The average molecular weight is 334 g/mol. The summed E-state index contributed by atoms with van der Waals surface area (Å²) < 4.78 is 10.6. The number of amides is 2. The topological polar surface area (TPSA) is 67.9 Å². The second-order valence-electron chi connectivity index (χ2n) is 5.97. The van der Waals surface area contributed by atoms with Crippen molar-refractivity contribution in [1.82, 2.24) is 5.32 Å². The molecule has 0 spiro atoms. The third-order valence-corrected chi connectivity index (χ3v) is 4.51. The molecule has 1 fully saturated rings. The predicted molar refractivity (Wildman–Crippen MR) is 92.5 cm³/mol. The van der Waals surface area contributed by atoms with Crippen molar-refractivity contribution >= 4 is 17.5 Å². The van der Waals surface area contributed by atoms with Crippen LogP contribution in [0.3, 0.4) is 0 Å². The van der Waals surface area contributed by atoms with Crippen LogP contribution in [0.1, 0.15) is 33.1 Å². The third-order valence-electron chi connectivity index (χ3n) is 4.51. The molecule has 0 bridgehead atoms. The van der Waals surface area contributed by atoms with Crippen molar-refractivity contribution in [2.75, 3.05) is 25.7 Å². The number of anilines is 1. The van der Waals surface area contributed by atoms with Gasteiger partial charge in [-0.25, -0.2) is 0 Å². The molecule has 6 heteroatoms. The van der Waals surface area contributed by atoms with E-state index in [1.165, 1.54) is 0 Å². The van der Waals surface area contributed by atoms with Gasteiger partial charge < -0.3 is 19.7 Å². The number of ether oxygens (including phenoxy) is 2. The highest BCUT2D eigenvalue weighted by Gasteiger charge is 2.36. The Hall–Kier alpha value is -2.24. The van der Waals surface area contributed by atoms with E-state index in [0.29, 0.717) is 23.7 Å². The van der Waals surface area contributed by atoms with E-state index in [-0.39, 0.29) is 30.2 Å². The maximum Gasteiger partial charge on any atom is 0.227 e. The number of benzene rings is 1. The zero-order valence-corrected chi connectivity index (χ0v) is 14.8. The summed E-state index contributed by atoms with van der Waals surface area (Å²) in [6.07, 6.45) is 2.00.